The number of hydrogen-bond acceptors (Lipinski definition) is 10. The Labute approximate surface area is 330 Å². The maximum absolute atomic E-state index is 14.6. The number of Topliss-reactive ketones (excluding diaryl/α,β-unsaturated/α-hetero) is 2. The Balaban J connectivity index is 1.56. The summed E-state index contributed by atoms with van der Waals surface area (Å²) < 4.78 is 33.4. The lowest BCUT2D eigenvalue weighted by Gasteiger charge is -2.51. The van der Waals surface area contributed by atoms with Gasteiger partial charge in [0.2, 0.25) is 5.79 Å². The lowest BCUT2D eigenvalue weighted by molar-refractivity contribution is -0.376. The normalized spacial score (nSPS) is 42.5. The average molecular weight is 779 g/mol. The number of aliphatic carboxylic acids is 1. The first-order chi connectivity index (χ1) is 25.7. The Morgan fingerprint density at radius 1 is 0.945 bits per heavy atom. The third kappa shape index (κ3) is 9.13. The average Bonchev–Trinajstić information content (AvgIpc) is 3.50. The summed E-state index contributed by atoms with van der Waals surface area (Å²) in [5.74, 6) is -6.90. The van der Waals surface area contributed by atoms with Crippen LogP contribution in [0.3, 0.4) is 0 Å². The van der Waals surface area contributed by atoms with Crippen molar-refractivity contribution in [1.82, 2.24) is 0 Å². The van der Waals surface area contributed by atoms with Gasteiger partial charge >= 0.3 is 5.97 Å². The number of hydrogen-bond donors (Lipinski definition) is 3. The standard InChI is InChI=1S/C44H74O11/c1-13-17-33(37(47)28(8)36(46)29(9)38-25(5)18-19-34(52-38)32(14-2)40(48)49)39-26(6)24-27(7)43(16-4,53-39)55-44(30(10)45)23-22-41(12,54-44)35-20-21-42(50,15-3)31(11)51-35/h16,25-29,31-36,38-39,46,50H,4,13-15,17-24H2,1-3,5-12H3,(H,48,49)/t25-,26-,27+,28-,29-,31-,32?,33-,34+,35+,36+,38?,39-,41-,42+,43-,44-/m0/s1. The maximum atomic E-state index is 14.6. The van der Waals surface area contributed by atoms with Crippen LogP contribution in [-0.2, 0) is 38.1 Å². The Morgan fingerprint density at radius 3 is 2.16 bits per heavy atom. The van der Waals surface area contributed by atoms with Gasteiger partial charge in [-0.2, -0.15) is 0 Å². The van der Waals surface area contributed by atoms with Crippen LogP contribution in [0, 0.1) is 41.4 Å². The first kappa shape index (κ1) is 46.0. The van der Waals surface area contributed by atoms with Crippen molar-refractivity contribution < 1.29 is 53.4 Å². The van der Waals surface area contributed by atoms with E-state index in [4.69, 9.17) is 23.7 Å². The molecule has 0 aliphatic carbocycles. The highest BCUT2D eigenvalue weighted by atomic mass is 16.8. The lowest BCUT2D eigenvalue weighted by Crippen LogP contribution is -2.60. The van der Waals surface area contributed by atoms with Crippen molar-refractivity contribution in [2.75, 3.05) is 0 Å². The summed E-state index contributed by atoms with van der Waals surface area (Å²) in [7, 11) is 0. The molecule has 55 heavy (non-hydrogen) atoms. The molecule has 0 amide bonds. The summed E-state index contributed by atoms with van der Waals surface area (Å²) in [4.78, 5) is 40.2. The van der Waals surface area contributed by atoms with Crippen molar-refractivity contribution in [2.45, 2.75) is 206 Å². The minimum atomic E-state index is -1.64. The third-order valence-corrected chi connectivity index (χ3v) is 14.4. The van der Waals surface area contributed by atoms with Crippen molar-refractivity contribution in [3.05, 3.63) is 12.7 Å². The van der Waals surface area contributed by atoms with Crippen molar-refractivity contribution in [2.24, 2.45) is 41.4 Å². The van der Waals surface area contributed by atoms with E-state index in [2.05, 4.69) is 20.4 Å². The van der Waals surface area contributed by atoms with Crippen LogP contribution < -0.4 is 0 Å². The molecule has 0 bridgehead atoms. The number of ketones is 2. The molecule has 4 saturated heterocycles. The number of carbonyl (C=O) groups excluding carboxylic acids is 2. The number of ether oxygens (including phenoxy) is 5. The Hall–Kier alpha value is -1.73. The van der Waals surface area contributed by atoms with Gasteiger partial charge in [-0.3, -0.25) is 14.4 Å². The molecule has 0 aromatic rings. The van der Waals surface area contributed by atoms with Crippen molar-refractivity contribution in [3.8, 4) is 0 Å². The van der Waals surface area contributed by atoms with E-state index in [0.717, 1.165) is 6.42 Å². The maximum Gasteiger partial charge on any atom is 0.309 e. The van der Waals surface area contributed by atoms with Gasteiger partial charge in [0.25, 0.3) is 0 Å². The van der Waals surface area contributed by atoms with E-state index in [9.17, 15) is 29.7 Å². The summed E-state index contributed by atoms with van der Waals surface area (Å²) in [5.41, 5.74) is -1.76. The zero-order valence-corrected chi connectivity index (χ0v) is 35.7. The monoisotopic (exact) mass is 779 g/mol. The van der Waals surface area contributed by atoms with Crippen LogP contribution in [0.4, 0.5) is 0 Å². The molecule has 0 aromatic heterocycles. The molecule has 2 unspecified atom stereocenters. The zero-order chi connectivity index (χ0) is 41.3. The van der Waals surface area contributed by atoms with E-state index >= 15 is 0 Å². The summed E-state index contributed by atoms with van der Waals surface area (Å²) in [5, 5.41) is 32.7. The van der Waals surface area contributed by atoms with E-state index < -0.39 is 82.9 Å². The topological polar surface area (TPSA) is 158 Å². The van der Waals surface area contributed by atoms with Crippen LogP contribution in [0.25, 0.3) is 0 Å². The van der Waals surface area contributed by atoms with E-state index in [-0.39, 0.29) is 41.8 Å². The van der Waals surface area contributed by atoms with Gasteiger partial charge in [0, 0.05) is 37.0 Å². The van der Waals surface area contributed by atoms with Crippen LogP contribution in [-0.4, -0.2) is 92.3 Å². The van der Waals surface area contributed by atoms with Crippen LogP contribution in [0.2, 0.25) is 0 Å². The second kappa shape index (κ2) is 18.0. The Bertz CT molecular complexity index is 1350. The van der Waals surface area contributed by atoms with Crippen LogP contribution in [0.1, 0.15) is 147 Å². The molecular weight excluding hydrogens is 704 g/mol. The molecule has 0 aromatic carbocycles. The lowest BCUT2D eigenvalue weighted by atomic mass is 9.72. The number of rotatable bonds is 17. The third-order valence-electron chi connectivity index (χ3n) is 14.4. The molecular formula is C44H74O11. The Kier molecular flexibility index (Phi) is 15.1. The minimum absolute atomic E-state index is 0.0455. The molecule has 4 rings (SSSR count). The molecule has 4 fully saturated rings. The second-order valence-electron chi connectivity index (χ2n) is 18.2. The number of aliphatic hydroxyl groups is 2. The van der Waals surface area contributed by atoms with Gasteiger partial charge in [-0.05, 0) is 89.5 Å². The van der Waals surface area contributed by atoms with Crippen molar-refractivity contribution in [3.63, 3.8) is 0 Å². The minimum Gasteiger partial charge on any atom is -0.481 e. The highest BCUT2D eigenvalue weighted by molar-refractivity contribution is 5.84. The molecule has 11 heteroatoms. The first-order valence-electron chi connectivity index (χ1n) is 21.4. The molecule has 0 radical (unpaired) electrons. The van der Waals surface area contributed by atoms with Gasteiger partial charge in [0.05, 0.1) is 53.7 Å². The molecule has 3 N–H and O–H groups in total. The molecule has 4 aliphatic heterocycles. The SMILES string of the molecule is C=C[C@@]1(O[C@]2(C(C)=O)CC[C@@](C)([C@H]3CC[C@](O)(CC)[C@H](C)O3)O2)O[C@H]([C@@H](CCC)C(=O)[C@@H](C)[C@@H](O)[C@H](C)C2O[C@@H](C(CC)C(=O)O)CC[C@@H]2C)[C@@H](C)C[C@H]1C. The molecule has 0 spiro atoms. The molecule has 4 heterocycles. The largest absolute Gasteiger partial charge is 0.481 e. The zero-order valence-electron chi connectivity index (χ0n) is 35.7. The molecule has 11 nitrogen and oxygen atoms in total. The molecule has 316 valence electrons. The van der Waals surface area contributed by atoms with Crippen LogP contribution in [0.5, 0.6) is 0 Å². The fourth-order valence-electron chi connectivity index (χ4n) is 10.4. The van der Waals surface area contributed by atoms with E-state index in [1.807, 2.05) is 48.5 Å². The van der Waals surface area contributed by atoms with Gasteiger partial charge in [-0.15, -0.1) is 0 Å². The fraction of sp³-hybridized carbons (Fsp3) is 0.886. The molecule has 17 atom stereocenters. The predicted octanol–water partition coefficient (Wildman–Crippen LogP) is 7.42. The second-order valence-corrected chi connectivity index (χ2v) is 18.2. The number of carboxylic acids is 1. The van der Waals surface area contributed by atoms with Gasteiger partial charge in [-0.25, -0.2) is 0 Å². The number of carbonyl (C=O) groups is 3. The van der Waals surface area contributed by atoms with E-state index in [0.29, 0.717) is 57.8 Å². The van der Waals surface area contributed by atoms with Gasteiger partial charge in [-0.1, -0.05) is 68.4 Å². The summed E-state index contributed by atoms with van der Waals surface area (Å²) in [6.45, 7) is 25.1. The molecule has 0 saturated carbocycles. The fourth-order valence-corrected chi connectivity index (χ4v) is 10.4. The van der Waals surface area contributed by atoms with Gasteiger partial charge in [0.15, 0.2) is 11.6 Å². The van der Waals surface area contributed by atoms with Gasteiger partial charge < -0.3 is 39.0 Å². The quantitative estimate of drug-likeness (QED) is 0.126. The van der Waals surface area contributed by atoms with Crippen LogP contribution >= 0.6 is 0 Å². The number of aliphatic hydroxyl groups excluding tert-OH is 1. The van der Waals surface area contributed by atoms with Crippen molar-refractivity contribution >= 4 is 17.5 Å². The summed E-state index contributed by atoms with van der Waals surface area (Å²) >= 11 is 0. The number of carboxylic acid groups (broad SMARTS) is 1. The Morgan fingerprint density at radius 2 is 1.62 bits per heavy atom. The molecule has 4 aliphatic rings. The van der Waals surface area contributed by atoms with Crippen molar-refractivity contribution in [1.29, 1.82) is 0 Å². The first-order valence-corrected chi connectivity index (χ1v) is 21.4. The smallest absolute Gasteiger partial charge is 0.309 e. The van der Waals surface area contributed by atoms with E-state index in [1.165, 1.54) is 6.92 Å². The van der Waals surface area contributed by atoms with Crippen LogP contribution in [0.15, 0.2) is 12.7 Å². The van der Waals surface area contributed by atoms with Gasteiger partial charge in [0.1, 0.15) is 5.78 Å². The van der Waals surface area contributed by atoms with E-state index in [1.54, 1.807) is 13.0 Å². The predicted molar refractivity (Wildman–Crippen MR) is 209 cm³/mol. The highest BCUT2D eigenvalue weighted by Crippen LogP contribution is 2.51. The summed E-state index contributed by atoms with van der Waals surface area (Å²) in [6.07, 6.45) is 4.68. The highest BCUT2D eigenvalue weighted by Gasteiger charge is 2.61. The summed E-state index contributed by atoms with van der Waals surface area (Å²) in [6, 6.07) is 0.